The molecule has 1 aromatic heterocycles. The Labute approximate surface area is 90.4 Å². The lowest BCUT2D eigenvalue weighted by Gasteiger charge is -2.14. The monoisotopic (exact) mass is 289 g/mol. The lowest BCUT2D eigenvalue weighted by atomic mass is 10.1. The Kier molecular flexibility index (Phi) is 3.32. The van der Waals surface area contributed by atoms with Crippen LogP contribution in [0.15, 0.2) is 10.8 Å². The molecule has 0 radical (unpaired) electrons. The summed E-state index contributed by atoms with van der Waals surface area (Å²) in [6.07, 6.45) is -7.59. The Balaban J connectivity index is 3.47. The molecule has 0 saturated heterocycles. The van der Waals surface area contributed by atoms with Crippen LogP contribution >= 0.6 is 15.9 Å². The zero-order valence-electron chi connectivity index (χ0n) is 7.37. The molecule has 84 valence electrons. The maximum atomic E-state index is 12.5. The van der Waals surface area contributed by atoms with Crippen LogP contribution < -0.4 is 0 Å². The van der Waals surface area contributed by atoms with Gasteiger partial charge in [0.15, 0.2) is 0 Å². The molecule has 7 heteroatoms. The van der Waals surface area contributed by atoms with Crippen LogP contribution in [0, 0.1) is 6.92 Å². The summed E-state index contributed by atoms with van der Waals surface area (Å²) in [5, 5.41) is 0. The highest BCUT2D eigenvalue weighted by Gasteiger charge is 2.37. The first kappa shape index (κ1) is 12.4. The van der Waals surface area contributed by atoms with Gasteiger partial charge in [-0.3, -0.25) is 0 Å². The number of hydrogen-bond donors (Lipinski definition) is 0. The molecular weight excluding hydrogens is 285 g/mol. The van der Waals surface area contributed by atoms with Crippen molar-refractivity contribution in [3.05, 3.63) is 27.5 Å². The van der Waals surface area contributed by atoms with E-state index in [0.717, 1.165) is 6.92 Å². The Morgan fingerprint density at radius 2 is 1.87 bits per heavy atom. The third-order valence-electron chi connectivity index (χ3n) is 1.83. The molecule has 0 unspecified atom stereocenters. The molecule has 0 fully saturated rings. The molecular formula is C8H5BrF5N. The zero-order valence-corrected chi connectivity index (χ0v) is 8.96. The predicted octanol–water partition coefficient (Wildman–Crippen LogP) is 4.11. The minimum Gasteiger partial charge on any atom is -0.248 e. The van der Waals surface area contributed by atoms with Crippen molar-refractivity contribution in [3.63, 3.8) is 0 Å². The van der Waals surface area contributed by atoms with Gasteiger partial charge >= 0.3 is 6.18 Å². The van der Waals surface area contributed by atoms with Crippen LogP contribution in [0.4, 0.5) is 22.0 Å². The molecule has 15 heavy (non-hydrogen) atoms. The molecule has 1 heterocycles. The van der Waals surface area contributed by atoms with E-state index in [1.54, 1.807) is 0 Å². The molecule has 0 atom stereocenters. The lowest BCUT2D eigenvalue weighted by molar-refractivity contribution is -0.139. The molecule has 0 aliphatic rings. The van der Waals surface area contributed by atoms with Crippen molar-refractivity contribution < 1.29 is 22.0 Å². The highest BCUT2D eigenvalue weighted by molar-refractivity contribution is 9.10. The highest BCUT2D eigenvalue weighted by atomic mass is 79.9. The van der Waals surface area contributed by atoms with Crippen molar-refractivity contribution in [2.24, 2.45) is 0 Å². The van der Waals surface area contributed by atoms with Gasteiger partial charge in [-0.25, -0.2) is 13.8 Å². The van der Waals surface area contributed by atoms with Gasteiger partial charge in [0.25, 0.3) is 6.43 Å². The second-order valence-electron chi connectivity index (χ2n) is 2.80. The number of aromatic nitrogens is 1. The molecule has 1 aromatic rings. The number of nitrogens with zero attached hydrogens (tertiary/aromatic N) is 1. The summed E-state index contributed by atoms with van der Waals surface area (Å²) in [5.74, 6) is 0. The largest absolute Gasteiger partial charge is 0.418 e. The fourth-order valence-electron chi connectivity index (χ4n) is 1.11. The van der Waals surface area contributed by atoms with Crippen molar-refractivity contribution in [1.82, 2.24) is 4.98 Å². The van der Waals surface area contributed by atoms with E-state index in [1.807, 2.05) is 0 Å². The molecule has 0 saturated carbocycles. The Hall–Kier alpha value is -0.720. The van der Waals surface area contributed by atoms with Gasteiger partial charge in [-0.15, -0.1) is 0 Å². The van der Waals surface area contributed by atoms with Crippen molar-refractivity contribution >= 4 is 15.9 Å². The van der Waals surface area contributed by atoms with E-state index < -0.39 is 23.7 Å². The third-order valence-corrected chi connectivity index (χ3v) is 2.63. The Morgan fingerprint density at radius 3 is 2.27 bits per heavy atom. The van der Waals surface area contributed by atoms with Gasteiger partial charge in [0, 0.05) is 11.8 Å². The fourth-order valence-corrected chi connectivity index (χ4v) is 1.42. The van der Waals surface area contributed by atoms with E-state index in [4.69, 9.17) is 0 Å². The van der Waals surface area contributed by atoms with Gasteiger partial charge in [-0.05, 0) is 28.4 Å². The van der Waals surface area contributed by atoms with Gasteiger partial charge in [0.2, 0.25) is 0 Å². The summed E-state index contributed by atoms with van der Waals surface area (Å²) in [5.41, 5.74) is -2.61. The van der Waals surface area contributed by atoms with Crippen LogP contribution in [0.2, 0.25) is 0 Å². The second kappa shape index (κ2) is 4.03. The molecule has 1 nitrogen and oxygen atoms in total. The first-order valence-corrected chi connectivity index (χ1v) is 4.54. The quantitative estimate of drug-likeness (QED) is 0.560. The van der Waals surface area contributed by atoms with Crippen LogP contribution in [0.5, 0.6) is 0 Å². The minimum atomic E-state index is -4.82. The normalized spacial score (nSPS) is 12.3. The topological polar surface area (TPSA) is 12.9 Å². The third kappa shape index (κ3) is 2.45. The Bertz CT molecular complexity index is 374. The van der Waals surface area contributed by atoms with Crippen molar-refractivity contribution in [2.45, 2.75) is 19.5 Å². The van der Waals surface area contributed by atoms with Crippen molar-refractivity contribution in [1.29, 1.82) is 0 Å². The molecule has 0 amide bonds. The summed E-state index contributed by atoms with van der Waals surface area (Å²) in [7, 11) is 0. The van der Waals surface area contributed by atoms with Gasteiger partial charge in [-0.1, -0.05) is 0 Å². The van der Waals surface area contributed by atoms with Crippen molar-refractivity contribution in [3.8, 4) is 0 Å². The summed E-state index contributed by atoms with van der Waals surface area (Å²) in [6, 6.07) is 0. The van der Waals surface area contributed by atoms with Gasteiger partial charge in [0.1, 0.15) is 4.60 Å². The van der Waals surface area contributed by atoms with E-state index in [2.05, 4.69) is 20.9 Å². The minimum absolute atomic E-state index is 0.00852. The van der Waals surface area contributed by atoms with E-state index in [1.165, 1.54) is 0 Å². The number of pyridine rings is 1. The van der Waals surface area contributed by atoms with Crippen LogP contribution in [0.1, 0.15) is 23.1 Å². The number of alkyl halides is 5. The number of halogens is 6. The van der Waals surface area contributed by atoms with Crippen LogP contribution in [-0.4, -0.2) is 4.98 Å². The molecule has 0 aliphatic carbocycles. The first-order valence-electron chi connectivity index (χ1n) is 3.75. The smallest absolute Gasteiger partial charge is 0.248 e. The number of hydrogen-bond acceptors (Lipinski definition) is 1. The van der Waals surface area contributed by atoms with Gasteiger partial charge < -0.3 is 0 Å². The van der Waals surface area contributed by atoms with E-state index in [9.17, 15) is 22.0 Å². The molecule has 0 bridgehead atoms. The summed E-state index contributed by atoms with van der Waals surface area (Å²) in [4.78, 5) is 3.35. The predicted molar refractivity (Wildman–Crippen MR) is 46.6 cm³/mol. The summed E-state index contributed by atoms with van der Waals surface area (Å²) >= 11 is 2.80. The molecule has 0 spiro atoms. The summed E-state index contributed by atoms with van der Waals surface area (Å²) in [6.45, 7) is 1.16. The standard InChI is InChI=1S/C8H5BrF5N/c1-3-5(7(10)11)4(8(12,13)14)2-15-6(3)9/h2,7H,1H3. The van der Waals surface area contributed by atoms with Gasteiger partial charge in [0.05, 0.1) is 5.56 Å². The Morgan fingerprint density at radius 1 is 1.33 bits per heavy atom. The van der Waals surface area contributed by atoms with E-state index >= 15 is 0 Å². The second-order valence-corrected chi connectivity index (χ2v) is 3.55. The molecule has 0 aromatic carbocycles. The van der Waals surface area contributed by atoms with Crippen molar-refractivity contribution in [2.75, 3.05) is 0 Å². The van der Waals surface area contributed by atoms with Crippen LogP contribution in [-0.2, 0) is 6.18 Å². The zero-order chi connectivity index (χ0) is 11.8. The van der Waals surface area contributed by atoms with Crippen LogP contribution in [0.3, 0.4) is 0 Å². The SMILES string of the molecule is Cc1c(Br)ncc(C(F)(F)F)c1C(F)F. The highest BCUT2D eigenvalue weighted by Crippen LogP contribution is 2.38. The maximum absolute atomic E-state index is 12.5. The fraction of sp³-hybridized carbons (Fsp3) is 0.375. The molecule has 1 rings (SSSR count). The average Bonchev–Trinajstić information content (AvgIpc) is 2.06. The lowest BCUT2D eigenvalue weighted by Crippen LogP contribution is -2.12. The maximum Gasteiger partial charge on any atom is 0.418 e. The van der Waals surface area contributed by atoms with Crippen LogP contribution in [0.25, 0.3) is 0 Å². The average molecular weight is 290 g/mol. The van der Waals surface area contributed by atoms with E-state index in [-0.39, 0.29) is 10.2 Å². The summed E-state index contributed by atoms with van der Waals surface area (Å²) < 4.78 is 61.9. The molecule has 0 N–H and O–H groups in total. The molecule has 0 aliphatic heterocycles. The van der Waals surface area contributed by atoms with E-state index in [0.29, 0.717) is 6.20 Å². The van der Waals surface area contributed by atoms with Gasteiger partial charge in [-0.2, -0.15) is 13.2 Å². The number of rotatable bonds is 1. The first-order chi connectivity index (χ1) is 6.75.